The Kier molecular flexibility index (Phi) is 9.79. The molecule has 0 radical (unpaired) electrons. The minimum atomic E-state index is -0.904. The maximum atomic E-state index is 12.7. The van der Waals surface area contributed by atoms with Crippen LogP contribution in [0.5, 0.6) is 5.75 Å². The van der Waals surface area contributed by atoms with Gasteiger partial charge in [-0.3, -0.25) is 4.68 Å². The molecular weight excluding hydrogens is 540 g/mol. The van der Waals surface area contributed by atoms with E-state index in [4.69, 9.17) is 9.47 Å². The predicted octanol–water partition coefficient (Wildman–Crippen LogP) is 6.75. The number of fused-ring (bicyclic) bond motifs is 3. The number of aromatic nitrogens is 3. The van der Waals surface area contributed by atoms with Crippen LogP contribution in [0, 0.1) is 6.92 Å². The molecule has 0 unspecified atom stereocenters. The van der Waals surface area contributed by atoms with Gasteiger partial charge >= 0.3 is 5.97 Å². The van der Waals surface area contributed by atoms with Gasteiger partial charge < -0.3 is 24.5 Å². The Morgan fingerprint density at radius 3 is 2.56 bits per heavy atom. The summed E-state index contributed by atoms with van der Waals surface area (Å²) in [6.45, 7) is 10.5. The van der Waals surface area contributed by atoms with Crippen molar-refractivity contribution in [3.05, 3.63) is 83.3 Å². The summed E-state index contributed by atoms with van der Waals surface area (Å²) in [6.07, 6.45) is 2.04. The third-order valence-corrected chi connectivity index (χ3v) is 7.99. The van der Waals surface area contributed by atoms with Crippen LogP contribution in [0.1, 0.15) is 54.1 Å². The lowest BCUT2D eigenvalue weighted by Crippen LogP contribution is -2.14. The second-order valence-corrected chi connectivity index (χ2v) is 10.8. The van der Waals surface area contributed by atoms with Crippen molar-refractivity contribution in [2.75, 3.05) is 26.3 Å². The summed E-state index contributed by atoms with van der Waals surface area (Å²) in [5, 5.41) is 21.4. The van der Waals surface area contributed by atoms with E-state index in [1.54, 1.807) is 0 Å². The summed E-state index contributed by atoms with van der Waals surface area (Å²) >= 11 is 0. The molecule has 1 aliphatic rings. The van der Waals surface area contributed by atoms with Gasteiger partial charge in [-0.2, -0.15) is 5.10 Å². The highest BCUT2D eigenvalue weighted by Gasteiger charge is 2.27. The van der Waals surface area contributed by atoms with Crippen molar-refractivity contribution in [2.24, 2.45) is 7.05 Å². The molecule has 0 saturated heterocycles. The van der Waals surface area contributed by atoms with Crippen LogP contribution in [0.25, 0.3) is 32.8 Å². The number of para-hydroxylation sites is 1. The zero-order valence-corrected chi connectivity index (χ0v) is 25.7. The van der Waals surface area contributed by atoms with E-state index in [2.05, 4.69) is 54.6 Å². The summed E-state index contributed by atoms with van der Waals surface area (Å²) < 4.78 is 16.0. The fourth-order valence-corrected chi connectivity index (χ4v) is 6.12. The Labute approximate surface area is 253 Å². The zero-order chi connectivity index (χ0) is 30.3. The third kappa shape index (κ3) is 6.31. The average Bonchev–Trinajstić information content (AvgIpc) is 3.48. The first-order valence-corrected chi connectivity index (χ1v) is 15.2. The average molecular weight is 583 g/mol. The number of nitrogens with zero attached hydrogens (tertiary/aromatic N) is 3. The number of ether oxygens (including phenoxy) is 2. The number of aromatic carboxylic acids is 1. The van der Waals surface area contributed by atoms with Crippen LogP contribution in [0.4, 0.5) is 0 Å². The van der Waals surface area contributed by atoms with E-state index in [-0.39, 0.29) is 0 Å². The van der Waals surface area contributed by atoms with E-state index in [0.717, 1.165) is 75.0 Å². The van der Waals surface area contributed by atoms with Crippen molar-refractivity contribution in [1.29, 1.82) is 0 Å². The van der Waals surface area contributed by atoms with Gasteiger partial charge in [-0.1, -0.05) is 68.4 Å². The second kappa shape index (κ2) is 13.9. The molecule has 2 N–H and O–H groups in total. The first-order chi connectivity index (χ1) is 21.0. The molecule has 0 fully saturated rings. The van der Waals surface area contributed by atoms with Crippen molar-refractivity contribution in [2.45, 2.75) is 53.2 Å². The molecule has 2 aromatic heterocycles. The van der Waals surface area contributed by atoms with Gasteiger partial charge in [0.2, 0.25) is 0 Å². The zero-order valence-electron chi connectivity index (χ0n) is 25.7. The molecule has 3 heterocycles. The lowest BCUT2D eigenvalue weighted by Gasteiger charge is -2.16. The molecule has 8 heteroatoms. The van der Waals surface area contributed by atoms with Crippen LogP contribution in [0.3, 0.4) is 0 Å². The summed E-state index contributed by atoms with van der Waals surface area (Å²) in [6, 6.07) is 20.4. The van der Waals surface area contributed by atoms with E-state index in [1.165, 1.54) is 0 Å². The number of hydrogen-bond acceptors (Lipinski definition) is 5. The first kappa shape index (κ1) is 30.3. The summed E-state index contributed by atoms with van der Waals surface area (Å²) in [5.74, 6) is -0.0533. The third-order valence-electron chi connectivity index (χ3n) is 7.99. The van der Waals surface area contributed by atoms with Crippen molar-refractivity contribution in [3.8, 4) is 16.9 Å². The Balaban J connectivity index is 0.000000682. The number of nitrogens with one attached hydrogen (secondary N) is 1. The predicted molar refractivity (Wildman–Crippen MR) is 172 cm³/mol. The molecule has 0 bridgehead atoms. The monoisotopic (exact) mass is 582 g/mol. The topological polar surface area (TPSA) is 90.5 Å². The van der Waals surface area contributed by atoms with Crippen LogP contribution < -0.4 is 10.1 Å². The molecule has 6 rings (SSSR count). The van der Waals surface area contributed by atoms with Crippen molar-refractivity contribution < 1.29 is 19.4 Å². The lowest BCUT2D eigenvalue weighted by molar-refractivity contribution is 0.0681. The SMILES string of the molecule is CCNCC.Cc1nn(C)c2c1-c1cccc3c(CCCOc4cccc5ccccc45)c(C(=O)O)n(c13)CCCOC2. The van der Waals surface area contributed by atoms with E-state index < -0.39 is 5.97 Å². The normalized spacial score (nSPS) is 12.9. The van der Waals surface area contributed by atoms with Gasteiger partial charge in [-0.25, -0.2) is 4.79 Å². The molecule has 5 aromatic rings. The number of carboxylic acids is 1. The highest BCUT2D eigenvalue weighted by Crippen LogP contribution is 2.39. The van der Waals surface area contributed by atoms with Crippen molar-refractivity contribution >= 4 is 27.6 Å². The highest BCUT2D eigenvalue weighted by atomic mass is 16.5. The van der Waals surface area contributed by atoms with Gasteiger partial charge in [0, 0.05) is 42.1 Å². The number of aryl methyl sites for hydroxylation is 4. The summed E-state index contributed by atoms with van der Waals surface area (Å²) in [7, 11) is 1.93. The van der Waals surface area contributed by atoms with Gasteiger partial charge in [0.05, 0.1) is 30.1 Å². The Morgan fingerprint density at radius 2 is 1.79 bits per heavy atom. The molecule has 226 valence electrons. The van der Waals surface area contributed by atoms with Crippen LogP contribution in [-0.4, -0.2) is 51.7 Å². The molecule has 0 spiro atoms. The number of rotatable bonds is 8. The van der Waals surface area contributed by atoms with E-state index in [0.29, 0.717) is 44.9 Å². The smallest absolute Gasteiger partial charge is 0.352 e. The standard InChI is InChI=1S/C31H31N3O4.C4H11N/c1-20-28-25-13-6-12-23-24(14-7-18-38-27-15-5-10-21-9-3-4-11-22(21)27)30(31(35)36)34(29(23)25)16-8-17-37-19-26(28)33(2)32-20;1-3-5-4-2/h3-6,9-13,15H,7-8,14,16-19H2,1-2H3,(H,35,36);5H,3-4H2,1-2H3. The van der Waals surface area contributed by atoms with Gasteiger partial charge in [-0.05, 0) is 56.3 Å². The Bertz CT molecular complexity index is 1710. The number of carboxylic acid groups (broad SMARTS) is 1. The molecule has 0 atom stereocenters. The Hall–Kier alpha value is -4.14. The highest BCUT2D eigenvalue weighted by molar-refractivity contribution is 6.04. The molecule has 8 nitrogen and oxygen atoms in total. The maximum Gasteiger partial charge on any atom is 0.352 e. The van der Waals surface area contributed by atoms with Crippen LogP contribution in [0.2, 0.25) is 0 Å². The van der Waals surface area contributed by atoms with Crippen molar-refractivity contribution in [3.63, 3.8) is 0 Å². The van der Waals surface area contributed by atoms with Gasteiger partial charge in [0.25, 0.3) is 0 Å². The quantitative estimate of drug-likeness (QED) is 0.197. The summed E-state index contributed by atoms with van der Waals surface area (Å²) in [4.78, 5) is 12.7. The van der Waals surface area contributed by atoms with Gasteiger partial charge in [-0.15, -0.1) is 0 Å². The van der Waals surface area contributed by atoms with E-state index >= 15 is 0 Å². The molecule has 0 aliphatic carbocycles. The minimum Gasteiger partial charge on any atom is -0.493 e. The fraction of sp³-hybridized carbons (Fsp3) is 0.371. The van der Waals surface area contributed by atoms with Gasteiger partial charge in [0.1, 0.15) is 11.4 Å². The van der Waals surface area contributed by atoms with Gasteiger partial charge in [0.15, 0.2) is 0 Å². The minimum absolute atomic E-state index is 0.362. The van der Waals surface area contributed by atoms with Crippen molar-refractivity contribution in [1.82, 2.24) is 19.7 Å². The molecule has 43 heavy (non-hydrogen) atoms. The number of benzene rings is 3. The lowest BCUT2D eigenvalue weighted by atomic mass is 9.98. The molecule has 0 saturated carbocycles. The van der Waals surface area contributed by atoms with E-state index in [1.807, 2.05) is 53.6 Å². The number of carbonyl (C=O) groups is 1. The Morgan fingerprint density at radius 1 is 1.05 bits per heavy atom. The summed E-state index contributed by atoms with van der Waals surface area (Å²) in [5.41, 5.74) is 6.14. The number of hydrogen-bond donors (Lipinski definition) is 2. The van der Waals surface area contributed by atoms with Crippen LogP contribution in [-0.2, 0) is 31.4 Å². The molecule has 1 aliphatic heterocycles. The second-order valence-electron chi connectivity index (χ2n) is 10.8. The largest absolute Gasteiger partial charge is 0.493 e. The van der Waals surface area contributed by atoms with Crippen LogP contribution in [0.15, 0.2) is 60.7 Å². The van der Waals surface area contributed by atoms with Crippen LogP contribution >= 0.6 is 0 Å². The molecule has 3 aromatic carbocycles. The van der Waals surface area contributed by atoms with E-state index in [9.17, 15) is 9.90 Å². The fourth-order valence-electron chi connectivity index (χ4n) is 6.12. The molecular formula is C35H42N4O4. The first-order valence-electron chi connectivity index (χ1n) is 15.2. The molecule has 0 amide bonds. The maximum absolute atomic E-state index is 12.7.